The highest BCUT2D eigenvalue weighted by atomic mass is 16.5. The summed E-state index contributed by atoms with van der Waals surface area (Å²) in [5, 5.41) is 10.3. The Kier molecular flexibility index (Phi) is 2.58. The molecule has 0 amide bonds. The molecule has 2 heteroatoms. The first-order chi connectivity index (χ1) is 8.52. The minimum absolute atomic E-state index is 0.130. The van der Waals surface area contributed by atoms with Crippen LogP contribution in [0.15, 0.2) is 6.07 Å². The molecule has 0 unspecified atom stereocenters. The Labute approximate surface area is 109 Å². The van der Waals surface area contributed by atoms with Gasteiger partial charge in [0.25, 0.3) is 0 Å². The Morgan fingerprint density at radius 2 is 2.00 bits per heavy atom. The summed E-state index contributed by atoms with van der Waals surface area (Å²) >= 11 is 0. The second-order valence-corrected chi connectivity index (χ2v) is 6.21. The molecule has 0 bridgehead atoms. The van der Waals surface area contributed by atoms with E-state index in [1.54, 1.807) is 0 Å². The van der Waals surface area contributed by atoms with Crippen molar-refractivity contribution in [2.45, 2.75) is 64.4 Å². The summed E-state index contributed by atoms with van der Waals surface area (Å²) in [6, 6.07) is 2.07. The SMILES string of the molecule is Cc1c(O)c(C(C)C)cc2c1CCC1(CCC1)O2. The van der Waals surface area contributed by atoms with Crippen LogP contribution >= 0.6 is 0 Å². The summed E-state index contributed by atoms with van der Waals surface area (Å²) < 4.78 is 6.27. The van der Waals surface area contributed by atoms with Crippen molar-refractivity contribution in [3.63, 3.8) is 0 Å². The summed E-state index contributed by atoms with van der Waals surface area (Å²) in [6.45, 7) is 6.24. The van der Waals surface area contributed by atoms with Gasteiger partial charge in [-0.1, -0.05) is 13.8 Å². The molecule has 2 aliphatic rings. The lowest BCUT2D eigenvalue weighted by atomic mass is 9.74. The van der Waals surface area contributed by atoms with Crippen molar-refractivity contribution in [2.75, 3.05) is 0 Å². The number of benzene rings is 1. The van der Waals surface area contributed by atoms with E-state index in [2.05, 4.69) is 19.9 Å². The van der Waals surface area contributed by atoms with Crippen LogP contribution in [-0.4, -0.2) is 10.7 Å². The van der Waals surface area contributed by atoms with E-state index in [4.69, 9.17) is 4.74 Å². The van der Waals surface area contributed by atoms with E-state index >= 15 is 0 Å². The number of fused-ring (bicyclic) bond motifs is 1. The van der Waals surface area contributed by atoms with Gasteiger partial charge in [-0.25, -0.2) is 0 Å². The van der Waals surface area contributed by atoms with Crippen LogP contribution in [0.2, 0.25) is 0 Å². The van der Waals surface area contributed by atoms with Gasteiger partial charge in [0, 0.05) is 11.1 Å². The highest BCUT2D eigenvalue weighted by Crippen LogP contribution is 2.48. The number of ether oxygens (including phenoxy) is 1. The molecular formula is C16H22O2. The zero-order valence-corrected chi connectivity index (χ0v) is 11.5. The van der Waals surface area contributed by atoms with E-state index in [1.807, 2.05) is 6.92 Å². The maximum absolute atomic E-state index is 10.3. The van der Waals surface area contributed by atoms with Crippen LogP contribution in [0.5, 0.6) is 11.5 Å². The van der Waals surface area contributed by atoms with Crippen molar-refractivity contribution in [3.8, 4) is 11.5 Å². The fourth-order valence-electron chi connectivity index (χ4n) is 3.24. The first-order valence-corrected chi connectivity index (χ1v) is 7.07. The van der Waals surface area contributed by atoms with Crippen LogP contribution in [0.25, 0.3) is 0 Å². The molecule has 1 spiro atoms. The monoisotopic (exact) mass is 246 g/mol. The molecule has 3 rings (SSSR count). The van der Waals surface area contributed by atoms with Crippen LogP contribution in [0, 0.1) is 6.92 Å². The quantitative estimate of drug-likeness (QED) is 0.809. The molecule has 1 heterocycles. The second-order valence-electron chi connectivity index (χ2n) is 6.21. The van der Waals surface area contributed by atoms with Crippen molar-refractivity contribution < 1.29 is 9.84 Å². The highest BCUT2D eigenvalue weighted by Gasteiger charge is 2.42. The number of hydrogen-bond acceptors (Lipinski definition) is 2. The summed E-state index contributed by atoms with van der Waals surface area (Å²) in [5.74, 6) is 1.83. The molecule has 1 saturated carbocycles. The third-order valence-electron chi connectivity index (χ3n) is 4.71. The lowest BCUT2D eigenvalue weighted by Crippen LogP contribution is -2.45. The van der Waals surface area contributed by atoms with Crippen molar-refractivity contribution in [1.82, 2.24) is 0 Å². The molecule has 1 aliphatic heterocycles. The van der Waals surface area contributed by atoms with Gasteiger partial charge in [-0.2, -0.15) is 0 Å². The second kappa shape index (κ2) is 3.91. The number of phenolic OH excluding ortho intramolecular Hbond substituents is 1. The molecule has 98 valence electrons. The van der Waals surface area contributed by atoms with E-state index in [0.29, 0.717) is 11.7 Å². The lowest BCUT2D eigenvalue weighted by molar-refractivity contribution is -0.0252. The molecule has 1 fully saturated rings. The first kappa shape index (κ1) is 11.9. The average Bonchev–Trinajstić information content (AvgIpc) is 2.30. The van der Waals surface area contributed by atoms with Gasteiger partial charge in [-0.15, -0.1) is 0 Å². The summed E-state index contributed by atoms with van der Waals surface area (Å²) in [5.41, 5.74) is 3.38. The highest BCUT2D eigenvalue weighted by molar-refractivity contribution is 5.54. The van der Waals surface area contributed by atoms with Crippen molar-refractivity contribution in [3.05, 3.63) is 22.8 Å². The van der Waals surface area contributed by atoms with Crippen LogP contribution in [-0.2, 0) is 6.42 Å². The summed E-state index contributed by atoms with van der Waals surface area (Å²) in [6.07, 6.45) is 5.85. The molecule has 0 atom stereocenters. The van der Waals surface area contributed by atoms with E-state index in [1.165, 1.54) is 24.8 Å². The molecule has 0 saturated heterocycles. The molecule has 2 nitrogen and oxygen atoms in total. The topological polar surface area (TPSA) is 29.5 Å². The van der Waals surface area contributed by atoms with Gasteiger partial charge in [0.2, 0.25) is 0 Å². The standard InChI is InChI=1S/C16H22O2/c1-10(2)13-9-14-12(11(3)15(13)17)5-8-16(18-14)6-4-7-16/h9-10,17H,4-8H2,1-3H3. The Bertz CT molecular complexity index is 484. The maximum Gasteiger partial charge on any atom is 0.124 e. The largest absolute Gasteiger partial charge is 0.507 e. The van der Waals surface area contributed by atoms with Gasteiger partial charge in [-0.3, -0.25) is 0 Å². The van der Waals surface area contributed by atoms with Gasteiger partial charge in [0.15, 0.2) is 0 Å². The third kappa shape index (κ3) is 1.62. The smallest absolute Gasteiger partial charge is 0.124 e. The molecule has 18 heavy (non-hydrogen) atoms. The molecular weight excluding hydrogens is 224 g/mol. The molecule has 0 aromatic heterocycles. The number of phenols is 1. The minimum Gasteiger partial charge on any atom is -0.507 e. The fraction of sp³-hybridized carbons (Fsp3) is 0.625. The normalized spacial score (nSPS) is 20.4. The number of rotatable bonds is 1. The minimum atomic E-state index is 0.130. The number of hydrogen-bond donors (Lipinski definition) is 1. The lowest BCUT2D eigenvalue weighted by Gasteiger charge is -2.45. The van der Waals surface area contributed by atoms with Crippen LogP contribution in [0.3, 0.4) is 0 Å². The van der Waals surface area contributed by atoms with Crippen LogP contribution in [0.4, 0.5) is 0 Å². The van der Waals surface area contributed by atoms with Gasteiger partial charge >= 0.3 is 0 Å². The molecule has 1 N–H and O–H groups in total. The summed E-state index contributed by atoms with van der Waals surface area (Å²) in [7, 11) is 0. The van der Waals surface area contributed by atoms with E-state index in [0.717, 1.165) is 29.7 Å². The Hall–Kier alpha value is -1.18. The Morgan fingerprint density at radius 3 is 2.56 bits per heavy atom. The van der Waals surface area contributed by atoms with Crippen LogP contribution < -0.4 is 4.74 Å². The zero-order chi connectivity index (χ0) is 12.9. The van der Waals surface area contributed by atoms with Crippen molar-refractivity contribution in [1.29, 1.82) is 0 Å². The first-order valence-electron chi connectivity index (χ1n) is 7.07. The maximum atomic E-state index is 10.3. The molecule has 1 aliphatic carbocycles. The predicted octanol–water partition coefficient (Wildman–Crippen LogP) is 4.07. The van der Waals surface area contributed by atoms with E-state index in [-0.39, 0.29) is 5.60 Å². The predicted molar refractivity (Wildman–Crippen MR) is 72.5 cm³/mol. The molecule has 0 radical (unpaired) electrons. The number of aromatic hydroxyl groups is 1. The van der Waals surface area contributed by atoms with Crippen molar-refractivity contribution in [2.24, 2.45) is 0 Å². The van der Waals surface area contributed by atoms with Gasteiger partial charge in [0.05, 0.1) is 0 Å². The van der Waals surface area contributed by atoms with Gasteiger partial charge in [-0.05, 0) is 56.6 Å². The zero-order valence-electron chi connectivity index (χ0n) is 11.5. The van der Waals surface area contributed by atoms with Gasteiger partial charge in [0.1, 0.15) is 17.1 Å². The van der Waals surface area contributed by atoms with Crippen molar-refractivity contribution >= 4 is 0 Å². The fourth-order valence-corrected chi connectivity index (χ4v) is 3.24. The Balaban J connectivity index is 2.06. The summed E-state index contributed by atoms with van der Waals surface area (Å²) in [4.78, 5) is 0. The average molecular weight is 246 g/mol. The van der Waals surface area contributed by atoms with Crippen LogP contribution in [0.1, 0.15) is 62.1 Å². The molecule has 1 aromatic rings. The van der Waals surface area contributed by atoms with E-state index < -0.39 is 0 Å². The third-order valence-corrected chi connectivity index (χ3v) is 4.71. The molecule has 1 aromatic carbocycles. The van der Waals surface area contributed by atoms with E-state index in [9.17, 15) is 5.11 Å². The van der Waals surface area contributed by atoms with Gasteiger partial charge < -0.3 is 9.84 Å². The Morgan fingerprint density at radius 1 is 1.28 bits per heavy atom.